The van der Waals surface area contributed by atoms with E-state index in [0.717, 1.165) is 58.7 Å². The Bertz CT molecular complexity index is 1700. The summed E-state index contributed by atoms with van der Waals surface area (Å²) in [5.74, 6) is -1.49. The fraction of sp³-hybridized carbons (Fsp3) is 0.233. The zero-order chi connectivity index (χ0) is 28.8. The fourth-order valence-corrected chi connectivity index (χ4v) is 5.57. The van der Waals surface area contributed by atoms with E-state index in [4.69, 9.17) is 14.6 Å². The lowest BCUT2D eigenvalue weighted by atomic mass is 9.92. The number of aliphatic carboxylic acids is 1. The summed E-state index contributed by atoms with van der Waals surface area (Å²) < 4.78 is 37.5. The quantitative estimate of drug-likeness (QED) is 0.272. The van der Waals surface area contributed by atoms with E-state index in [2.05, 4.69) is 63.3 Å². The highest BCUT2D eigenvalue weighted by Gasteiger charge is 2.65. The molecule has 1 amide bonds. The van der Waals surface area contributed by atoms with E-state index in [-0.39, 0.29) is 11.8 Å². The molecule has 41 heavy (non-hydrogen) atoms. The smallest absolute Gasteiger partial charge is 0.490 e. The fourth-order valence-electron chi connectivity index (χ4n) is 5.57. The number of amides is 1. The van der Waals surface area contributed by atoms with Gasteiger partial charge in [-0.25, -0.2) is 4.79 Å². The van der Waals surface area contributed by atoms with Crippen molar-refractivity contribution in [1.82, 2.24) is 15.5 Å². The molecule has 1 spiro atoms. The number of hydrogen-bond acceptors (Lipinski definition) is 5. The Morgan fingerprint density at radius 2 is 1.90 bits per heavy atom. The van der Waals surface area contributed by atoms with Crippen molar-refractivity contribution >= 4 is 40.6 Å². The van der Waals surface area contributed by atoms with Crippen molar-refractivity contribution in [2.75, 3.05) is 18.5 Å². The number of ether oxygens (including phenoxy) is 1. The Hall–Kier alpha value is -4.64. The number of nitrogens with zero attached hydrogens (tertiary/aromatic N) is 1. The van der Waals surface area contributed by atoms with Gasteiger partial charge in [-0.05, 0) is 53.5 Å². The Kier molecular flexibility index (Phi) is 6.53. The number of nitrogens with one attached hydrogen (secondary N) is 3. The largest absolute Gasteiger partial charge is 0.492 e. The number of fused-ring (bicyclic) bond motifs is 4. The van der Waals surface area contributed by atoms with Crippen LogP contribution in [0.2, 0.25) is 0 Å². The van der Waals surface area contributed by atoms with Crippen molar-refractivity contribution in [2.24, 2.45) is 0 Å². The predicted octanol–water partition coefficient (Wildman–Crippen LogP) is 5.23. The van der Waals surface area contributed by atoms with Crippen LogP contribution in [0.4, 0.5) is 18.9 Å². The summed E-state index contributed by atoms with van der Waals surface area (Å²) in [6.45, 7) is 2.37. The van der Waals surface area contributed by atoms with Gasteiger partial charge in [0.1, 0.15) is 12.4 Å². The number of halogens is 3. The van der Waals surface area contributed by atoms with Crippen molar-refractivity contribution in [2.45, 2.75) is 30.5 Å². The minimum Gasteiger partial charge on any atom is -0.492 e. The SMILES string of the molecule is O=C(O)C(F)(F)F.O=C1Nc2ccccc2C12C[C@H]2c1ccc2c(/C=C/c3ccc4c(c3)CNCCO4)n[nH]c2c1. The molecule has 2 atom stereocenters. The molecule has 1 unspecified atom stereocenters. The number of para-hydroxylation sites is 1. The summed E-state index contributed by atoms with van der Waals surface area (Å²) in [5.41, 5.74) is 7.01. The summed E-state index contributed by atoms with van der Waals surface area (Å²) >= 11 is 0. The standard InChI is InChI=1S/C28H24N4O2.C2HF3O2/c33-27-28(21-3-1-2-4-24(21)30-27)15-22(28)18-7-8-20-23(31-32-25(20)14-18)9-5-17-6-10-26-19(13-17)16-29-11-12-34-26;3-2(4,5)1(6)7/h1-10,13-14,22,29H,11-12,15-16H2,(H,30,33)(H,31,32);(H,6,7)/b9-5+;/t22-,28?;/m0./s1. The van der Waals surface area contributed by atoms with Crippen LogP contribution in [0.25, 0.3) is 23.1 Å². The molecular weight excluding hydrogens is 537 g/mol. The third-order valence-electron chi connectivity index (χ3n) is 7.65. The van der Waals surface area contributed by atoms with Crippen LogP contribution in [-0.4, -0.2) is 46.5 Å². The summed E-state index contributed by atoms with van der Waals surface area (Å²) in [4.78, 5) is 21.7. The average Bonchev–Trinajstić information content (AvgIpc) is 3.56. The number of carboxylic acid groups (broad SMARTS) is 1. The number of carbonyl (C=O) groups is 2. The molecule has 3 heterocycles. The number of hydrogen-bond donors (Lipinski definition) is 4. The number of rotatable bonds is 3. The maximum Gasteiger partial charge on any atom is 0.490 e. The zero-order valence-electron chi connectivity index (χ0n) is 21.6. The van der Waals surface area contributed by atoms with Gasteiger partial charge in [0.25, 0.3) is 0 Å². The lowest BCUT2D eigenvalue weighted by Crippen LogP contribution is -2.21. The number of alkyl halides is 3. The first-order valence-corrected chi connectivity index (χ1v) is 13.0. The molecule has 8 nitrogen and oxygen atoms in total. The van der Waals surface area contributed by atoms with Gasteiger partial charge in [-0.3, -0.25) is 9.89 Å². The van der Waals surface area contributed by atoms with Gasteiger partial charge in [-0.1, -0.05) is 42.5 Å². The molecule has 7 rings (SSSR count). The van der Waals surface area contributed by atoms with Crippen molar-refractivity contribution in [3.63, 3.8) is 0 Å². The summed E-state index contributed by atoms with van der Waals surface area (Å²) in [5, 5.41) is 22.4. The molecule has 11 heteroatoms. The van der Waals surface area contributed by atoms with Crippen LogP contribution in [0, 0.1) is 0 Å². The second-order valence-corrected chi connectivity index (χ2v) is 10.2. The van der Waals surface area contributed by atoms with Crippen LogP contribution in [0.3, 0.4) is 0 Å². The molecule has 1 saturated carbocycles. The number of carbonyl (C=O) groups excluding carboxylic acids is 1. The molecule has 0 saturated heterocycles. The van der Waals surface area contributed by atoms with Crippen LogP contribution >= 0.6 is 0 Å². The van der Waals surface area contributed by atoms with Gasteiger partial charge >= 0.3 is 12.1 Å². The Labute approximate surface area is 232 Å². The average molecular weight is 563 g/mol. The van der Waals surface area contributed by atoms with Gasteiger partial charge in [-0.2, -0.15) is 18.3 Å². The highest BCUT2D eigenvalue weighted by molar-refractivity contribution is 6.09. The molecule has 1 fully saturated rings. The molecule has 2 aliphatic heterocycles. The number of H-pyrrole nitrogens is 1. The molecule has 1 aromatic heterocycles. The maximum absolute atomic E-state index is 12.8. The van der Waals surface area contributed by atoms with Gasteiger partial charge in [-0.15, -0.1) is 0 Å². The van der Waals surface area contributed by atoms with E-state index in [1.807, 2.05) is 30.3 Å². The second kappa shape index (κ2) is 10.1. The number of benzene rings is 3. The maximum atomic E-state index is 12.8. The molecule has 4 N–H and O–H groups in total. The summed E-state index contributed by atoms with van der Waals surface area (Å²) in [6, 6.07) is 20.7. The number of anilines is 1. The van der Waals surface area contributed by atoms with Gasteiger partial charge in [0, 0.05) is 35.6 Å². The van der Waals surface area contributed by atoms with Crippen LogP contribution in [0.15, 0.2) is 60.7 Å². The molecule has 4 aromatic rings. The van der Waals surface area contributed by atoms with Crippen LogP contribution in [-0.2, 0) is 21.5 Å². The van der Waals surface area contributed by atoms with Gasteiger partial charge in [0.05, 0.1) is 16.6 Å². The van der Waals surface area contributed by atoms with Gasteiger partial charge in [0.2, 0.25) is 5.91 Å². The minimum absolute atomic E-state index is 0.119. The molecule has 0 bridgehead atoms. The summed E-state index contributed by atoms with van der Waals surface area (Å²) in [6.07, 6.45) is -0.103. The number of aromatic amines is 1. The molecule has 210 valence electrons. The molecular formula is C30H25F3N4O4. The van der Waals surface area contributed by atoms with Crippen LogP contribution in [0.5, 0.6) is 5.75 Å². The van der Waals surface area contributed by atoms with Crippen LogP contribution < -0.4 is 15.4 Å². The highest BCUT2D eigenvalue weighted by atomic mass is 19.4. The molecule has 0 radical (unpaired) electrons. The number of aromatic nitrogens is 2. The third-order valence-corrected chi connectivity index (χ3v) is 7.65. The Morgan fingerprint density at radius 3 is 2.71 bits per heavy atom. The normalized spacial score (nSPS) is 21.0. The lowest BCUT2D eigenvalue weighted by molar-refractivity contribution is -0.192. The van der Waals surface area contributed by atoms with Crippen LogP contribution in [0.1, 0.15) is 40.3 Å². The van der Waals surface area contributed by atoms with E-state index >= 15 is 0 Å². The minimum atomic E-state index is -5.08. The van der Waals surface area contributed by atoms with E-state index in [1.54, 1.807) is 0 Å². The Morgan fingerprint density at radius 1 is 1.10 bits per heavy atom. The van der Waals surface area contributed by atoms with E-state index in [0.29, 0.717) is 6.61 Å². The third kappa shape index (κ3) is 4.93. The molecule has 3 aliphatic rings. The lowest BCUT2D eigenvalue weighted by Gasteiger charge is -2.08. The van der Waals surface area contributed by atoms with Crippen molar-refractivity contribution < 1.29 is 32.6 Å². The Balaban J connectivity index is 0.000000387. The molecule has 3 aromatic carbocycles. The van der Waals surface area contributed by atoms with Gasteiger partial charge in [0.15, 0.2) is 0 Å². The predicted molar refractivity (Wildman–Crippen MR) is 146 cm³/mol. The van der Waals surface area contributed by atoms with Crippen molar-refractivity contribution in [3.8, 4) is 5.75 Å². The highest BCUT2D eigenvalue weighted by Crippen LogP contribution is 2.65. The second-order valence-electron chi connectivity index (χ2n) is 10.2. The first-order valence-electron chi connectivity index (χ1n) is 13.0. The van der Waals surface area contributed by atoms with E-state index in [1.165, 1.54) is 11.1 Å². The first-order chi connectivity index (χ1) is 19.7. The van der Waals surface area contributed by atoms with E-state index in [9.17, 15) is 18.0 Å². The van der Waals surface area contributed by atoms with E-state index < -0.39 is 17.6 Å². The summed E-state index contributed by atoms with van der Waals surface area (Å²) in [7, 11) is 0. The topological polar surface area (TPSA) is 116 Å². The number of carboxylic acids is 1. The van der Waals surface area contributed by atoms with Crippen molar-refractivity contribution in [3.05, 3.63) is 88.6 Å². The van der Waals surface area contributed by atoms with Gasteiger partial charge < -0.3 is 20.5 Å². The monoisotopic (exact) mass is 562 g/mol. The molecule has 1 aliphatic carbocycles. The first kappa shape index (κ1) is 26.6. The zero-order valence-corrected chi connectivity index (χ0v) is 21.6. The van der Waals surface area contributed by atoms with Crippen molar-refractivity contribution in [1.29, 1.82) is 0 Å².